The lowest BCUT2D eigenvalue weighted by molar-refractivity contribution is -0.132. The molecule has 7 nitrogen and oxygen atoms in total. The fourth-order valence-electron chi connectivity index (χ4n) is 5.54. The van der Waals surface area contributed by atoms with Crippen LogP contribution >= 0.6 is 11.6 Å². The number of nitrogens with zero attached hydrogens (tertiary/aromatic N) is 3. The van der Waals surface area contributed by atoms with Gasteiger partial charge < -0.3 is 20.6 Å². The molecule has 2 amide bonds. The summed E-state index contributed by atoms with van der Waals surface area (Å²) in [5.74, 6) is -0.214. The number of aliphatic hydroxyl groups excluding tert-OH is 1. The summed E-state index contributed by atoms with van der Waals surface area (Å²) in [5.41, 5.74) is 9.13. The zero-order valence-corrected chi connectivity index (χ0v) is 22.6. The molecule has 1 unspecified atom stereocenters. The number of carbonyl (C=O) groups is 2. The molecule has 208 valence electrons. The summed E-state index contributed by atoms with van der Waals surface area (Å²) < 4.78 is 28.2. The van der Waals surface area contributed by atoms with E-state index in [1.54, 1.807) is 0 Å². The molecule has 38 heavy (non-hydrogen) atoms. The number of aliphatic imine (C=N–C) groups is 1. The predicted octanol–water partition coefficient (Wildman–Crippen LogP) is 3.54. The monoisotopic (exact) mass is 550 g/mol. The van der Waals surface area contributed by atoms with Gasteiger partial charge in [0, 0.05) is 42.4 Å². The second kappa shape index (κ2) is 12.6. The van der Waals surface area contributed by atoms with Crippen LogP contribution in [-0.2, 0) is 16.0 Å². The lowest BCUT2D eigenvalue weighted by Gasteiger charge is -2.33. The number of nitrogens with two attached hydrogens (primary N) is 1. The molecule has 2 saturated heterocycles. The van der Waals surface area contributed by atoms with Gasteiger partial charge >= 0.3 is 0 Å². The van der Waals surface area contributed by atoms with Gasteiger partial charge in [-0.3, -0.25) is 14.6 Å². The van der Waals surface area contributed by atoms with Crippen LogP contribution in [0.4, 0.5) is 8.78 Å². The number of piperidine rings is 2. The molecular weight excluding hydrogens is 514 g/mol. The lowest BCUT2D eigenvalue weighted by atomic mass is 9.88. The third kappa shape index (κ3) is 6.72. The Hall–Kier alpha value is -2.52. The Labute approximate surface area is 227 Å². The first-order chi connectivity index (χ1) is 18.1. The van der Waals surface area contributed by atoms with Crippen molar-refractivity contribution in [3.63, 3.8) is 0 Å². The summed E-state index contributed by atoms with van der Waals surface area (Å²) in [5, 5.41) is 10.4. The SMILES string of the molecule is Cc1c(Cl)cccc1CC1CCN(C(=O)CN=C2CCC(F)C/C2=C(/N)C(=O)N2CC[C@@H](O)[C@@H](F)C2)CC1. The van der Waals surface area contributed by atoms with Crippen LogP contribution < -0.4 is 5.73 Å². The average Bonchev–Trinajstić information content (AvgIpc) is 2.91. The van der Waals surface area contributed by atoms with E-state index in [0.29, 0.717) is 30.3 Å². The average molecular weight is 551 g/mol. The van der Waals surface area contributed by atoms with Crippen molar-refractivity contribution >= 4 is 29.1 Å². The Morgan fingerprint density at radius 1 is 1.13 bits per heavy atom. The number of allylic oxidation sites excluding steroid dienone is 1. The molecule has 3 atom stereocenters. The number of alkyl halides is 2. The highest BCUT2D eigenvalue weighted by molar-refractivity contribution is 6.31. The highest BCUT2D eigenvalue weighted by atomic mass is 35.5. The van der Waals surface area contributed by atoms with Gasteiger partial charge in [-0.1, -0.05) is 23.7 Å². The number of hydrogen-bond donors (Lipinski definition) is 2. The van der Waals surface area contributed by atoms with E-state index in [9.17, 15) is 23.5 Å². The van der Waals surface area contributed by atoms with Crippen LogP contribution in [-0.4, -0.2) is 83.6 Å². The maximum atomic E-state index is 14.3. The van der Waals surface area contributed by atoms with Crippen molar-refractivity contribution in [2.75, 3.05) is 32.7 Å². The minimum atomic E-state index is -1.55. The van der Waals surface area contributed by atoms with Crippen molar-refractivity contribution in [1.82, 2.24) is 9.80 Å². The summed E-state index contributed by atoms with van der Waals surface area (Å²) in [6.07, 6.45) is -0.512. The molecule has 1 saturated carbocycles. The lowest BCUT2D eigenvalue weighted by Crippen LogP contribution is -2.49. The number of likely N-dealkylation sites (tertiary alicyclic amines) is 2. The molecule has 4 rings (SSSR count). The van der Waals surface area contributed by atoms with Crippen LogP contribution in [0.2, 0.25) is 5.02 Å². The van der Waals surface area contributed by atoms with Crippen LogP contribution in [0.25, 0.3) is 0 Å². The van der Waals surface area contributed by atoms with E-state index >= 15 is 0 Å². The second-order valence-corrected chi connectivity index (χ2v) is 11.1. The summed E-state index contributed by atoms with van der Waals surface area (Å²) in [6, 6.07) is 5.97. The van der Waals surface area contributed by atoms with Crippen LogP contribution in [0.15, 0.2) is 34.5 Å². The van der Waals surface area contributed by atoms with E-state index in [1.165, 1.54) is 10.5 Å². The van der Waals surface area contributed by atoms with Crippen molar-refractivity contribution < 1.29 is 23.5 Å². The number of aliphatic hydroxyl groups is 1. The molecule has 1 aliphatic carbocycles. The molecule has 1 aromatic carbocycles. The van der Waals surface area contributed by atoms with Gasteiger partial charge in [0.1, 0.15) is 24.6 Å². The van der Waals surface area contributed by atoms with Gasteiger partial charge in [0.05, 0.1) is 12.6 Å². The van der Waals surface area contributed by atoms with Crippen LogP contribution in [0.3, 0.4) is 0 Å². The molecule has 3 aliphatic rings. The first-order valence-corrected chi connectivity index (χ1v) is 13.8. The van der Waals surface area contributed by atoms with Crippen LogP contribution in [0.1, 0.15) is 49.7 Å². The van der Waals surface area contributed by atoms with Crippen molar-refractivity contribution in [3.8, 4) is 0 Å². The topological polar surface area (TPSA) is 99.2 Å². The van der Waals surface area contributed by atoms with Gasteiger partial charge in [0.15, 0.2) is 0 Å². The number of carbonyl (C=O) groups excluding carboxylic acids is 2. The highest BCUT2D eigenvalue weighted by Gasteiger charge is 2.33. The molecule has 1 aromatic rings. The molecule has 0 radical (unpaired) electrons. The molecule has 0 spiro atoms. The summed E-state index contributed by atoms with van der Waals surface area (Å²) in [6.45, 7) is 3.15. The van der Waals surface area contributed by atoms with Gasteiger partial charge in [-0.15, -0.1) is 0 Å². The Morgan fingerprint density at radius 3 is 2.55 bits per heavy atom. The molecule has 3 fully saturated rings. The van der Waals surface area contributed by atoms with E-state index in [4.69, 9.17) is 17.3 Å². The molecule has 0 aromatic heterocycles. The van der Waals surface area contributed by atoms with Gasteiger partial charge in [0.2, 0.25) is 5.91 Å². The predicted molar refractivity (Wildman–Crippen MR) is 144 cm³/mol. The number of halogens is 3. The quantitative estimate of drug-likeness (QED) is 0.548. The first kappa shape index (κ1) is 28.5. The fraction of sp³-hybridized carbons (Fsp3) is 0.607. The number of rotatable bonds is 5. The molecule has 0 bridgehead atoms. The van der Waals surface area contributed by atoms with Crippen molar-refractivity contribution in [3.05, 3.63) is 45.6 Å². The second-order valence-electron chi connectivity index (χ2n) is 10.7. The zero-order chi connectivity index (χ0) is 27.4. The Kier molecular flexibility index (Phi) is 9.41. The summed E-state index contributed by atoms with van der Waals surface area (Å²) in [7, 11) is 0. The number of hydrogen-bond acceptors (Lipinski definition) is 5. The maximum absolute atomic E-state index is 14.3. The minimum Gasteiger partial charge on any atom is -0.394 e. The van der Waals surface area contributed by atoms with Crippen LogP contribution in [0, 0.1) is 12.8 Å². The van der Waals surface area contributed by atoms with E-state index < -0.39 is 24.4 Å². The fourth-order valence-corrected chi connectivity index (χ4v) is 5.73. The summed E-state index contributed by atoms with van der Waals surface area (Å²) >= 11 is 6.26. The standard InChI is InChI=1S/C28H37ClF2N4O3/c1-17-19(3-2-4-22(17)29)13-18-7-10-34(11-8-18)26(37)15-33-24-6-5-20(30)14-21(24)27(32)28(38)35-12-9-25(36)23(31)16-35/h2-4,18,20,23,25,36H,5-16,32H2,1H3/b27-21-,33-24?/t20?,23-,25+/m0/s1. The van der Waals surface area contributed by atoms with Crippen molar-refractivity contribution in [2.45, 2.75) is 70.3 Å². The Balaban J connectivity index is 1.36. The van der Waals surface area contributed by atoms with Gasteiger partial charge in [-0.2, -0.15) is 0 Å². The van der Waals surface area contributed by atoms with Gasteiger partial charge in [-0.25, -0.2) is 8.78 Å². The van der Waals surface area contributed by atoms with Crippen LogP contribution in [0.5, 0.6) is 0 Å². The smallest absolute Gasteiger partial charge is 0.270 e. The van der Waals surface area contributed by atoms with E-state index in [0.717, 1.165) is 29.8 Å². The molecular formula is C28H37ClF2N4O3. The number of benzene rings is 1. The zero-order valence-electron chi connectivity index (χ0n) is 21.8. The first-order valence-electron chi connectivity index (χ1n) is 13.4. The normalized spacial score (nSPS) is 27.5. The molecule has 10 heteroatoms. The third-order valence-electron chi connectivity index (χ3n) is 8.08. The summed E-state index contributed by atoms with van der Waals surface area (Å²) in [4.78, 5) is 33.4. The van der Waals surface area contributed by atoms with Gasteiger partial charge in [-0.05, 0) is 68.6 Å². The molecule has 2 aliphatic heterocycles. The minimum absolute atomic E-state index is 0.0611. The van der Waals surface area contributed by atoms with Gasteiger partial charge in [0.25, 0.3) is 5.91 Å². The molecule has 2 heterocycles. The largest absolute Gasteiger partial charge is 0.394 e. The van der Waals surface area contributed by atoms with Crippen molar-refractivity contribution in [1.29, 1.82) is 0 Å². The highest BCUT2D eigenvalue weighted by Crippen LogP contribution is 2.28. The van der Waals surface area contributed by atoms with Crippen molar-refractivity contribution in [2.24, 2.45) is 16.6 Å². The Morgan fingerprint density at radius 2 is 1.84 bits per heavy atom. The molecule has 3 N–H and O–H groups in total. The van der Waals surface area contributed by atoms with E-state index in [2.05, 4.69) is 11.1 Å². The Bertz CT molecular complexity index is 1100. The van der Waals surface area contributed by atoms with E-state index in [-0.39, 0.29) is 56.9 Å². The third-order valence-corrected chi connectivity index (χ3v) is 8.49. The van der Waals surface area contributed by atoms with E-state index in [1.807, 2.05) is 24.0 Å². The number of amides is 2. The maximum Gasteiger partial charge on any atom is 0.270 e.